The molecule has 0 aliphatic rings. The molecule has 0 atom stereocenters. The van der Waals surface area contributed by atoms with Crippen LogP contribution in [-0.2, 0) is 5.33 Å². The van der Waals surface area contributed by atoms with Crippen LogP contribution in [0.25, 0.3) is 11.0 Å². The fourth-order valence-electron chi connectivity index (χ4n) is 1.93. The summed E-state index contributed by atoms with van der Waals surface area (Å²) in [5.41, 5.74) is 1.18. The van der Waals surface area contributed by atoms with Gasteiger partial charge in [0.05, 0.1) is 7.11 Å². The number of halogens is 1. The van der Waals surface area contributed by atoms with E-state index in [0.717, 1.165) is 10.9 Å². The molecule has 0 bridgehead atoms. The lowest BCUT2D eigenvalue weighted by Crippen LogP contribution is -1.99. The van der Waals surface area contributed by atoms with E-state index in [9.17, 15) is 9.59 Å². The van der Waals surface area contributed by atoms with E-state index in [1.807, 2.05) is 24.3 Å². The fraction of sp³-hybridized carbons (Fsp3) is 0.111. The van der Waals surface area contributed by atoms with Crippen LogP contribution in [0.3, 0.4) is 0 Å². The van der Waals surface area contributed by atoms with Gasteiger partial charge in [0.15, 0.2) is 5.43 Å². The summed E-state index contributed by atoms with van der Waals surface area (Å²) < 4.78 is 10.2. The minimum absolute atomic E-state index is 0.0509. The Morgan fingerprint density at radius 2 is 1.70 bits per heavy atom. The summed E-state index contributed by atoms with van der Waals surface area (Å²) in [6.45, 7) is 0. The zero-order chi connectivity index (χ0) is 16.7. The lowest BCUT2D eigenvalue weighted by atomic mass is 10.1. The van der Waals surface area contributed by atoms with Crippen molar-refractivity contribution < 1.29 is 9.15 Å². The Bertz CT molecular complexity index is 881. The van der Waals surface area contributed by atoms with Crippen molar-refractivity contribution in [3.63, 3.8) is 0 Å². The Morgan fingerprint density at radius 1 is 1.00 bits per heavy atom. The molecule has 4 nitrogen and oxygen atoms in total. The van der Waals surface area contributed by atoms with Gasteiger partial charge >= 0.3 is 5.63 Å². The van der Waals surface area contributed by atoms with Crippen LogP contribution in [0.2, 0.25) is 0 Å². The largest absolute Gasteiger partial charge is 0.497 e. The molecule has 118 valence electrons. The molecular weight excluding hydrogens is 360 g/mol. The fourth-order valence-corrected chi connectivity index (χ4v) is 2.40. The van der Waals surface area contributed by atoms with E-state index in [1.165, 1.54) is 18.2 Å². The van der Waals surface area contributed by atoms with Crippen molar-refractivity contribution in [2.45, 2.75) is 5.33 Å². The third kappa shape index (κ3) is 4.79. The SMILES string of the molecule is COc1ccc2c(CBr)cc(=O)oc2c1.O=c1cccccc1. The molecule has 3 rings (SSSR count). The number of rotatable bonds is 2. The number of ether oxygens (including phenoxy) is 1. The highest BCUT2D eigenvalue weighted by atomic mass is 79.9. The van der Waals surface area contributed by atoms with E-state index < -0.39 is 0 Å². The molecule has 0 aliphatic heterocycles. The van der Waals surface area contributed by atoms with E-state index in [-0.39, 0.29) is 11.1 Å². The van der Waals surface area contributed by atoms with Crippen molar-refractivity contribution in [3.8, 4) is 5.75 Å². The van der Waals surface area contributed by atoms with Gasteiger partial charge in [-0.1, -0.05) is 40.2 Å². The quantitative estimate of drug-likeness (QED) is 0.506. The average molecular weight is 375 g/mol. The van der Waals surface area contributed by atoms with E-state index in [2.05, 4.69) is 15.9 Å². The third-order valence-corrected chi connectivity index (χ3v) is 3.64. The zero-order valence-electron chi connectivity index (χ0n) is 12.5. The van der Waals surface area contributed by atoms with Crippen molar-refractivity contribution in [1.29, 1.82) is 0 Å². The molecule has 0 radical (unpaired) electrons. The maximum atomic E-state index is 11.2. The van der Waals surface area contributed by atoms with Crippen LogP contribution >= 0.6 is 15.9 Å². The van der Waals surface area contributed by atoms with Crippen LogP contribution in [0.4, 0.5) is 0 Å². The van der Waals surface area contributed by atoms with Crippen LogP contribution < -0.4 is 15.8 Å². The second-order valence-electron chi connectivity index (χ2n) is 4.59. The number of methoxy groups -OCH3 is 1. The normalized spacial score (nSPS) is 9.83. The molecule has 3 aromatic rings. The predicted molar refractivity (Wildman–Crippen MR) is 94.4 cm³/mol. The molecule has 0 spiro atoms. The lowest BCUT2D eigenvalue weighted by molar-refractivity contribution is 0.414. The summed E-state index contributed by atoms with van der Waals surface area (Å²) in [6.07, 6.45) is 0. The monoisotopic (exact) mass is 374 g/mol. The summed E-state index contributed by atoms with van der Waals surface area (Å²) in [6, 6.07) is 17.1. The summed E-state index contributed by atoms with van der Waals surface area (Å²) in [7, 11) is 1.58. The molecule has 0 aliphatic carbocycles. The lowest BCUT2D eigenvalue weighted by Gasteiger charge is -2.04. The van der Waals surface area contributed by atoms with Crippen molar-refractivity contribution >= 4 is 26.9 Å². The van der Waals surface area contributed by atoms with Crippen molar-refractivity contribution in [2.75, 3.05) is 7.11 Å². The van der Waals surface area contributed by atoms with Gasteiger partial charge in [-0.2, -0.15) is 0 Å². The van der Waals surface area contributed by atoms with Gasteiger partial charge < -0.3 is 9.15 Å². The Balaban J connectivity index is 0.000000203. The molecular formula is C18H15BrO4. The molecule has 5 heteroatoms. The third-order valence-electron chi connectivity index (χ3n) is 3.04. The van der Waals surface area contributed by atoms with Gasteiger partial charge in [-0.25, -0.2) is 4.79 Å². The number of benzene rings is 1. The standard InChI is InChI=1S/C11H9BrO3.C7H6O/c1-14-8-2-3-9-7(6-12)4-11(13)15-10(9)5-8;8-7-5-3-1-2-4-6-7/h2-5H,6H2,1H3;1-6H. The second kappa shape index (κ2) is 8.29. The first kappa shape index (κ1) is 17.0. The van der Waals surface area contributed by atoms with Crippen molar-refractivity contribution in [1.82, 2.24) is 0 Å². The van der Waals surface area contributed by atoms with Gasteiger partial charge in [-0.05, 0) is 29.8 Å². The molecule has 0 unspecified atom stereocenters. The number of alkyl halides is 1. The van der Waals surface area contributed by atoms with Crippen LogP contribution in [0.1, 0.15) is 5.56 Å². The maximum absolute atomic E-state index is 11.2. The molecule has 1 heterocycles. The van der Waals surface area contributed by atoms with Crippen LogP contribution in [0.15, 0.2) is 74.7 Å². The highest BCUT2D eigenvalue weighted by molar-refractivity contribution is 9.08. The minimum atomic E-state index is -0.342. The first-order valence-corrected chi connectivity index (χ1v) is 7.98. The summed E-state index contributed by atoms with van der Waals surface area (Å²) >= 11 is 3.34. The van der Waals surface area contributed by atoms with Gasteiger partial charge in [0.1, 0.15) is 11.3 Å². The van der Waals surface area contributed by atoms with E-state index >= 15 is 0 Å². The minimum Gasteiger partial charge on any atom is -0.497 e. The first-order chi connectivity index (χ1) is 11.1. The maximum Gasteiger partial charge on any atom is 0.336 e. The molecule has 0 fully saturated rings. The Hall–Kier alpha value is -2.40. The number of hydrogen-bond donors (Lipinski definition) is 0. The van der Waals surface area contributed by atoms with Gasteiger partial charge in [0, 0.05) is 22.8 Å². The summed E-state index contributed by atoms with van der Waals surface area (Å²) in [5, 5.41) is 1.55. The van der Waals surface area contributed by atoms with E-state index in [1.54, 1.807) is 25.3 Å². The molecule has 23 heavy (non-hydrogen) atoms. The second-order valence-corrected chi connectivity index (χ2v) is 5.15. The zero-order valence-corrected chi connectivity index (χ0v) is 14.1. The predicted octanol–water partition coefficient (Wildman–Crippen LogP) is 3.74. The smallest absolute Gasteiger partial charge is 0.336 e. The van der Waals surface area contributed by atoms with Gasteiger partial charge in [0.2, 0.25) is 0 Å². The van der Waals surface area contributed by atoms with Crippen molar-refractivity contribution in [2.24, 2.45) is 0 Å². The molecule has 0 saturated carbocycles. The number of hydrogen-bond acceptors (Lipinski definition) is 4. The van der Waals surface area contributed by atoms with Gasteiger partial charge in [-0.15, -0.1) is 0 Å². The van der Waals surface area contributed by atoms with E-state index in [4.69, 9.17) is 9.15 Å². The Morgan fingerprint density at radius 3 is 2.30 bits per heavy atom. The topological polar surface area (TPSA) is 56.5 Å². The molecule has 1 aromatic heterocycles. The van der Waals surface area contributed by atoms with Crippen LogP contribution in [0, 0.1) is 0 Å². The van der Waals surface area contributed by atoms with Gasteiger partial charge in [0.25, 0.3) is 0 Å². The average Bonchev–Trinajstić information content (AvgIpc) is 2.81. The summed E-state index contributed by atoms with van der Waals surface area (Å²) in [5.74, 6) is 0.678. The summed E-state index contributed by atoms with van der Waals surface area (Å²) in [4.78, 5) is 21.7. The molecule has 2 aromatic carbocycles. The molecule has 0 N–H and O–H groups in total. The van der Waals surface area contributed by atoms with Crippen LogP contribution in [0.5, 0.6) is 5.75 Å². The van der Waals surface area contributed by atoms with Crippen molar-refractivity contribution in [3.05, 3.63) is 86.9 Å². The van der Waals surface area contributed by atoms with Gasteiger partial charge in [-0.3, -0.25) is 4.79 Å². The van der Waals surface area contributed by atoms with Crippen LogP contribution in [-0.4, -0.2) is 7.11 Å². The van der Waals surface area contributed by atoms with E-state index in [0.29, 0.717) is 16.7 Å². The molecule has 0 saturated heterocycles. The number of fused-ring (bicyclic) bond motifs is 1. The first-order valence-electron chi connectivity index (χ1n) is 6.86. The highest BCUT2D eigenvalue weighted by Gasteiger charge is 2.05. The molecule has 0 amide bonds. The Labute approximate surface area is 141 Å². The highest BCUT2D eigenvalue weighted by Crippen LogP contribution is 2.23. The Kier molecular flexibility index (Phi) is 6.11.